The van der Waals surface area contributed by atoms with Crippen LogP contribution in [0.3, 0.4) is 0 Å². The average molecular weight is 71.1 g/mol. The van der Waals surface area contributed by atoms with E-state index < -0.39 is 0 Å². The third kappa shape index (κ3) is 3.67. The number of hydrogen-bond acceptors (Lipinski definition) is 1. The van der Waals surface area contributed by atoms with Crippen molar-refractivity contribution in [3.63, 3.8) is 0 Å². The van der Waals surface area contributed by atoms with Gasteiger partial charge < -0.3 is 0 Å². The molecule has 0 aromatic heterocycles. The van der Waals surface area contributed by atoms with E-state index in [0.717, 1.165) is 5.71 Å². The molecule has 0 radical (unpaired) electrons. The highest BCUT2D eigenvalue weighted by Gasteiger charge is 1.62. The third-order valence-corrected chi connectivity index (χ3v) is 0.447. The van der Waals surface area contributed by atoms with Crippen LogP contribution in [0.2, 0.25) is 0 Å². The first-order chi connectivity index (χ1) is 2.27. The summed E-state index contributed by atoms with van der Waals surface area (Å²) >= 11 is 0. The van der Waals surface area contributed by atoms with E-state index in [9.17, 15) is 0 Å². The molecule has 0 aliphatic carbocycles. The van der Waals surface area contributed by atoms with E-state index in [-0.39, 0.29) is 0 Å². The second kappa shape index (κ2) is 1.94. The van der Waals surface area contributed by atoms with Gasteiger partial charge in [-0.2, -0.15) is 0 Å². The maximum Gasteiger partial charge on any atom is 0.0276 e. The minimum absolute atomic E-state index is 1.13. The molecule has 0 rings (SSSR count). The van der Waals surface area contributed by atoms with Gasteiger partial charge in [0.05, 0.1) is 0 Å². The number of nitrogens with zero attached hydrogens (tertiary/aromatic N) is 1. The quantitative estimate of drug-likeness (QED) is 0.379. The lowest BCUT2D eigenvalue weighted by molar-refractivity contribution is 1.41. The van der Waals surface area contributed by atoms with Crippen LogP contribution in [0.5, 0.6) is 0 Å². The minimum Gasteiger partial charge on any atom is -0.298 e. The molecule has 30 valence electrons. The summed E-state index contributed by atoms with van der Waals surface area (Å²) in [5.74, 6) is 0. The van der Waals surface area contributed by atoms with Crippen LogP contribution >= 0.6 is 0 Å². The molecular formula is C4H9N. The number of aliphatic imine (C=N–C) groups is 1. The molecule has 0 saturated heterocycles. The molecule has 0 aliphatic rings. The van der Waals surface area contributed by atoms with Gasteiger partial charge in [0.1, 0.15) is 0 Å². The topological polar surface area (TPSA) is 12.4 Å². The van der Waals surface area contributed by atoms with Gasteiger partial charge in [-0.3, -0.25) is 4.99 Å². The van der Waals surface area contributed by atoms with Crippen molar-refractivity contribution < 1.29 is 0 Å². The molecule has 5 heavy (non-hydrogen) atoms. The first-order valence-corrected chi connectivity index (χ1v) is 1.67. The minimum atomic E-state index is 1.13. The Labute approximate surface area is 32.7 Å². The van der Waals surface area contributed by atoms with Gasteiger partial charge in [-0.25, -0.2) is 0 Å². The Bertz CT molecular complexity index is 41.6. The molecule has 0 heterocycles. The second-order valence-corrected chi connectivity index (χ2v) is 1.17. The van der Waals surface area contributed by atoms with Gasteiger partial charge >= 0.3 is 0 Å². The van der Waals surface area contributed by atoms with Crippen LogP contribution in [0, 0.1) is 0 Å². The molecule has 0 spiro atoms. The smallest absolute Gasteiger partial charge is 0.0276 e. The fraction of sp³-hybridized carbons (Fsp3) is 0.750. The van der Waals surface area contributed by atoms with E-state index in [1.165, 1.54) is 0 Å². The van der Waals surface area contributed by atoms with Gasteiger partial charge in [-0.05, 0) is 13.8 Å². The highest BCUT2D eigenvalue weighted by molar-refractivity contribution is 5.78. The monoisotopic (exact) mass is 71.1 g/mol. The summed E-state index contributed by atoms with van der Waals surface area (Å²) in [5.41, 5.74) is 1.13. The number of rotatable bonds is 0. The molecular weight excluding hydrogens is 62.1 g/mol. The van der Waals surface area contributed by atoms with E-state index in [0.29, 0.717) is 0 Å². The average Bonchev–Trinajstić information content (AvgIpc) is 1.38. The molecule has 1 heteroatoms. The lowest BCUT2D eigenvalue weighted by Gasteiger charge is -1.74. The van der Waals surface area contributed by atoms with Gasteiger partial charge in [-0.15, -0.1) is 0 Å². The Morgan fingerprint density at radius 3 is 1.60 bits per heavy atom. The fourth-order valence-corrected chi connectivity index (χ4v) is 0. The molecule has 0 aromatic carbocycles. The summed E-state index contributed by atoms with van der Waals surface area (Å²) in [6.07, 6.45) is 0. The zero-order chi connectivity index (χ0) is 4.28. The van der Waals surface area contributed by atoms with Crippen molar-refractivity contribution in [2.75, 3.05) is 7.05 Å². The van der Waals surface area contributed by atoms with E-state index in [1.54, 1.807) is 7.05 Å². The van der Waals surface area contributed by atoms with Crippen LogP contribution in [0.4, 0.5) is 0 Å². The summed E-state index contributed by atoms with van der Waals surface area (Å²) in [4.78, 5) is 3.81. The SMILES string of the molecule is CN=C(C)C. The maximum atomic E-state index is 3.81. The molecule has 0 aromatic rings. The van der Waals surface area contributed by atoms with Crippen LogP contribution in [0.1, 0.15) is 13.8 Å². The predicted octanol–water partition coefficient (Wildman–Crippen LogP) is 1.10. The third-order valence-electron chi connectivity index (χ3n) is 0.447. The van der Waals surface area contributed by atoms with E-state index in [4.69, 9.17) is 0 Å². The molecule has 0 atom stereocenters. The molecule has 0 saturated carbocycles. The standard InChI is InChI=1S/C4H9N/c1-4(2)5-3/h1-3H3. The van der Waals surface area contributed by atoms with Gasteiger partial charge in [0, 0.05) is 12.8 Å². The largest absolute Gasteiger partial charge is 0.298 e. The van der Waals surface area contributed by atoms with Gasteiger partial charge in [-0.1, -0.05) is 0 Å². The number of hydrogen-bond donors (Lipinski definition) is 0. The molecule has 0 fully saturated rings. The lowest BCUT2D eigenvalue weighted by atomic mass is 10.5. The predicted molar refractivity (Wildman–Crippen MR) is 24.7 cm³/mol. The van der Waals surface area contributed by atoms with Gasteiger partial charge in [0.15, 0.2) is 0 Å². The molecule has 1 nitrogen and oxygen atoms in total. The Hall–Kier alpha value is -0.330. The van der Waals surface area contributed by atoms with Crippen molar-refractivity contribution in [2.45, 2.75) is 13.8 Å². The summed E-state index contributed by atoms with van der Waals surface area (Å²) in [6, 6.07) is 0. The van der Waals surface area contributed by atoms with Crippen molar-refractivity contribution in [2.24, 2.45) is 4.99 Å². The van der Waals surface area contributed by atoms with Gasteiger partial charge in [0.25, 0.3) is 0 Å². The fourth-order valence-electron chi connectivity index (χ4n) is 0. The Morgan fingerprint density at radius 1 is 1.40 bits per heavy atom. The normalized spacial score (nSPS) is 7.00. The summed E-state index contributed by atoms with van der Waals surface area (Å²) in [5, 5.41) is 0. The van der Waals surface area contributed by atoms with Gasteiger partial charge in [0.2, 0.25) is 0 Å². The van der Waals surface area contributed by atoms with Crippen molar-refractivity contribution >= 4 is 5.71 Å². The van der Waals surface area contributed by atoms with Crippen LogP contribution in [-0.2, 0) is 0 Å². The van der Waals surface area contributed by atoms with Crippen LogP contribution < -0.4 is 0 Å². The highest BCUT2D eigenvalue weighted by Crippen LogP contribution is 1.63. The van der Waals surface area contributed by atoms with Crippen molar-refractivity contribution in [3.8, 4) is 0 Å². The molecule has 0 bridgehead atoms. The summed E-state index contributed by atoms with van der Waals surface area (Å²) in [7, 11) is 1.79. The first-order valence-electron chi connectivity index (χ1n) is 1.67. The maximum absolute atomic E-state index is 3.81. The molecule has 0 amide bonds. The summed E-state index contributed by atoms with van der Waals surface area (Å²) in [6.45, 7) is 3.94. The van der Waals surface area contributed by atoms with Crippen molar-refractivity contribution in [1.82, 2.24) is 0 Å². The lowest BCUT2D eigenvalue weighted by Crippen LogP contribution is -1.74. The van der Waals surface area contributed by atoms with Crippen LogP contribution in [-0.4, -0.2) is 12.8 Å². The first kappa shape index (κ1) is 4.67. The zero-order valence-corrected chi connectivity index (χ0v) is 3.95. The second-order valence-electron chi connectivity index (χ2n) is 1.17. The van der Waals surface area contributed by atoms with E-state index in [1.807, 2.05) is 13.8 Å². The molecule has 0 N–H and O–H groups in total. The Morgan fingerprint density at radius 2 is 1.60 bits per heavy atom. The van der Waals surface area contributed by atoms with Crippen LogP contribution in [0.25, 0.3) is 0 Å². The van der Waals surface area contributed by atoms with E-state index in [2.05, 4.69) is 4.99 Å². The molecule has 0 aliphatic heterocycles. The van der Waals surface area contributed by atoms with Crippen molar-refractivity contribution in [3.05, 3.63) is 0 Å². The Balaban J connectivity index is 3.14. The van der Waals surface area contributed by atoms with Crippen LogP contribution in [0.15, 0.2) is 4.99 Å². The van der Waals surface area contributed by atoms with Crippen molar-refractivity contribution in [1.29, 1.82) is 0 Å². The highest BCUT2D eigenvalue weighted by atomic mass is 14.7. The summed E-state index contributed by atoms with van der Waals surface area (Å²) < 4.78 is 0. The van der Waals surface area contributed by atoms with E-state index >= 15 is 0 Å². The zero-order valence-electron chi connectivity index (χ0n) is 3.95. The molecule has 0 unspecified atom stereocenters. The Kier molecular flexibility index (Phi) is 1.81.